The predicted octanol–water partition coefficient (Wildman–Crippen LogP) is 1.34. The maximum absolute atomic E-state index is 12.8. The van der Waals surface area contributed by atoms with Crippen LogP contribution in [0.1, 0.15) is 5.56 Å². The summed E-state index contributed by atoms with van der Waals surface area (Å²) in [4.78, 5) is 43.0. The lowest BCUT2D eigenvalue weighted by Gasteiger charge is -2.33. The minimum Gasteiger partial charge on any atom is -0.309 e. The van der Waals surface area contributed by atoms with Gasteiger partial charge in [0.25, 0.3) is 11.8 Å². The largest absolute Gasteiger partial charge is 0.309 e. The van der Waals surface area contributed by atoms with Crippen molar-refractivity contribution in [3.8, 4) is 0 Å². The van der Waals surface area contributed by atoms with Gasteiger partial charge in [0, 0.05) is 11.1 Å². The number of aromatic nitrogens is 1. The van der Waals surface area contributed by atoms with E-state index in [1.165, 1.54) is 10.4 Å². The number of carbonyl (C=O) groups is 3. The minimum absolute atomic E-state index is 0.275. The maximum Gasteiger partial charge on any atom is 0.266 e. The number of pyridine rings is 1. The van der Waals surface area contributed by atoms with Gasteiger partial charge in [0.05, 0.1) is 5.69 Å². The molecule has 1 unspecified atom stereocenters. The van der Waals surface area contributed by atoms with Gasteiger partial charge >= 0.3 is 0 Å². The van der Waals surface area contributed by atoms with Crippen LogP contribution in [0.5, 0.6) is 0 Å². The topological polar surface area (TPSA) is 112 Å². The first-order valence-corrected chi connectivity index (χ1v) is 8.61. The molecule has 1 aromatic heterocycles. The molecular weight excluding hydrogens is 356 g/mol. The molecule has 134 valence electrons. The molecule has 0 bridgehead atoms. The number of nitrogens with zero attached hydrogens (tertiary/aromatic N) is 2. The zero-order valence-corrected chi connectivity index (χ0v) is 14.6. The average molecular weight is 372 g/mol. The summed E-state index contributed by atoms with van der Waals surface area (Å²) < 4.78 is 0. The number of nitrogens with one attached hydrogen (secondary N) is 2. The number of hydrogen-bond donors (Lipinski definition) is 3. The van der Waals surface area contributed by atoms with Crippen LogP contribution in [0.4, 0.5) is 11.5 Å². The lowest BCUT2D eigenvalue weighted by Crippen LogP contribution is -2.50. The lowest BCUT2D eigenvalue weighted by molar-refractivity contribution is -0.133. The summed E-state index contributed by atoms with van der Waals surface area (Å²) in [6, 6.07) is 10.5. The van der Waals surface area contributed by atoms with E-state index in [4.69, 9.17) is 5.21 Å². The van der Waals surface area contributed by atoms with E-state index in [9.17, 15) is 14.4 Å². The van der Waals surface area contributed by atoms with Gasteiger partial charge in [-0.05, 0) is 30.7 Å². The highest BCUT2D eigenvalue weighted by molar-refractivity contribution is 8.01. The van der Waals surface area contributed by atoms with Crippen molar-refractivity contribution in [3.63, 3.8) is 0 Å². The first kappa shape index (κ1) is 17.9. The summed E-state index contributed by atoms with van der Waals surface area (Å²) in [5.74, 6) is -1.48. The Kier molecular flexibility index (Phi) is 5.19. The molecule has 1 aliphatic rings. The van der Waals surface area contributed by atoms with Crippen LogP contribution in [0.15, 0.2) is 47.5 Å². The Morgan fingerprint density at radius 2 is 2.08 bits per heavy atom. The molecule has 0 fully saturated rings. The van der Waals surface area contributed by atoms with E-state index in [1.54, 1.807) is 36.5 Å². The summed E-state index contributed by atoms with van der Waals surface area (Å²) in [6.07, 6.45) is 1.54. The van der Waals surface area contributed by atoms with Crippen LogP contribution in [-0.2, 0) is 14.4 Å². The fourth-order valence-electron chi connectivity index (χ4n) is 2.65. The maximum atomic E-state index is 12.8. The summed E-state index contributed by atoms with van der Waals surface area (Å²) in [7, 11) is 0. The average Bonchev–Trinajstić information content (AvgIpc) is 2.64. The number of carbonyl (C=O) groups excluding carboxylic acids is 3. The van der Waals surface area contributed by atoms with Gasteiger partial charge in [-0.2, -0.15) is 0 Å². The van der Waals surface area contributed by atoms with E-state index in [-0.39, 0.29) is 6.54 Å². The van der Waals surface area contributed by atoms with Crippen molar-refractivity contribution < 1.29 is 19.6 Å². The molecule has 0 spiro atoms. The van der Waals surface area contributed by atoms with Crippen LogP contribution in [-0.4, -0.2) is 39.7 Å². The molecule has 1 aliphatic heterocycles. The second kappa shape index (κ2) is 7.54. The van der Waals surface area contributed by atoms with E-state index < -0.39 is 23.0 Å². The van der Waals surface area contributed by atoms with Gasteiger partial charge in [-0.3, -0.25) is 19.6 Å². The number of anilines is 2. The molecule has 3 amide bonds. The molecule has 3 N–H and O–H groups in total. The molecule has 1 aromatic carbocycles. The SMILES string of the molecule is Cc1cccc2c1N(CC(=O)Nc1ccccn1)C(=O)C(C(=O)NO)S2. The number of aryl methyl sites for hydroxylation is 1. The van der Waals surface area contributed by atoms with Gasteiger partial charge in [0.1, 0.15) is 12.4 Å². The van der Waals surface area contributed by atoms with Crippen molar-refractivity contribution in [2.45, 2.75) is 17.1 Å². The summed E-state index contributed by atoms with van der Waals surface area (Å²) in [5, 5.41) is 10.3. The third kappa shape index (κ3) is 3.53. The van der Waals surface area contributed by atoms with Crippen molar-refractivity contribution in [1.29, 1.82) is 0 Å². The number of thioether (sulfide) groups is 1. The quantitative estimate of drug-likeness (QED) is 0.424. The highest BCUT2D eigenvalue weighted by Gasteiger charge is 2.39. The lowest BCUT2D eigenvalue weighted by atomic mass is 10.1. The zero-order chi connectivity index (χ0) is 18.7. The third-order valence-corrected chi connectivity index (χ3v) is 5.02. The molecule has 9 heteroatoms. The van der Waals surface area contributed by atoms with E-state index >= 15 is 0 Å². The van der Waals surface area contributed by atoms with Crippen LogP contribution >= 0.6 is 11.8 Å². The van der Waals surface area contributed by atoms with Crippen LogP contribution in [0.25, 0.3) is 0 Å². The zero-order valence-electron chi connectivity index (χ0n) is 13.8. The number of hydroxylamine groups is 1. The fourth-order valence-corrected chi connectivity index (χ4v) is 3.83. The Morgan fingerprint density at radius 3 is 2.77 bits per heavy atom. The van der Waals surface area contributed by atoms with Crippen LogP contribution in [0, 0.1) is 6.92 Å². The van der Waals surface area contributed by atoms with Crippen molar-refractivity contribution in [2.75, 3.05) is 16.8 Å². The van der Waals surface area contributed by atoms with Gasteiger partial charge in [0.15, 0.2) is 5.25 Å². The molecule has 0 saturated heterocycles. The van der Waals surface area contributed by atoms with Gasteiger partial charge in [-0.25, -0.2) is 10.5 Å². The fraction of sp³-hybridized carbons (Fsp3) is 0.176. The summed E-state index contributed by atoms with van der Waals surface area (Å²) >= 11 is 1.04. The van der Waals surface area contributed by atoms with Crippen LogP contribution in [0.2, 0.25) is 0 Å². The van der Waals surface area contributed by atoms with Crippen molar-refractivity contribution >= 4 is 41.0 Å². The molecule has 0 aliphatic carbocycles. The molecule has 0 saturated carbocycles. The Balaban J connectivity index is 1.89. The molecular formula is C17H16N4O4S. The molecule has 2 aromatic rings. The molecule has 26 heavy (non-hydrogen) atoms. The molecule has 0 radical (unpaired) electrons. The molecule has 2 heterocycles. The van der Waals surface area contributed by atoms with Crippen molar-refractivity contribution in [1.82, 2.24) is 10.5 Å². The van der Waals surface area contributed by atoms with Crippen molar-refractivity contribution in [2.24, 2.45) is 0 Å². The molecule has 8 nitrogen and oxygen atoms in total. The first-order valence-electron chi connectivity index (χ1n) is 7.73. The number of hydrogen-bond acceptors (Lipinski definition) is 6. The van der Waals surface area contributed by atoms with Gasteiger partial charge < -0.3 is 10.2 Å². The number of amides is 3. The monoisotopic (exact) mass is 372 g/mol. The van der Waals surface area contributed by atoms with Gasteiger partial charge in [-0.1, -0.05) is 18.2 Å². The summed E-state index contributed by atoms with van der Waals surface area (Å²) in [5.41, 5.74) is 2.89. The highest BCUT2D eigenvalue weighted by Crippen LogP contribution is 2.41. The second-order valence-corrected chi connectivity index (χ2v) is 6.73. The Morgan fingerprint density at radius 1 is 1.27 bits per heavy atom. The minimum atomic E-state index is -1.17. The Labute approximate surface area is 153 Å². The van der Waals surface area contributed by atoms with Gasteiger partial charge in [0.2, 0.25) is 5.91 Å². The normalized spacial score (nSPS) is 16.0. The number of benzene rings is 1. The number of fused-ring (bicyclic) bond motifs is 1. The van der Waals surface area contributed by atoms with Crippen LogP contribution in [0.3, 0.4) is 0 Å². The van der Waals surface area contributed by atoms with E-state index in [0.717, 1.165) is 17.3 Å². The molecule has 1 atom stereocenters. The number of para-hydroxylation sites is 1. The predicted molar refractivity (Wildman–Crippen MR) is 96.0 cm³/mol. The molecule has 3 rings (SSSR count). The second-order valence-electron chi connectivity index (χ2n) is 5.58. The van der Waals surface area contributed by atoms with E-state index in [2.05, 4.69) is 10.3 Å². The van der Waals surface area contributed by atoms with E-state index in [1.807, 2.05) is 13.0 Å². The highest BCUT2D eigenvalue weighted by atomic mass is 32.2. The van der Waals surface area contributed by atoms with Crippen molar-refractivity contribution in [3.05, 3.63) is 48.2 Å². The Hall–Kier alpha value is -2.91. The smallest absolute Gasteiger partial charge is 0.266 e. The summed E-state index contributed by atoms with van der Waals surface area (Å²) in [6.45, 7) is 1.55. The van der Waals surface area contributed by atoms with E-state index in [0.29, 0.717) is 16.4 Å². The number of rotatable bonds is 4. The van der Waals surface area contributed by atoms with Crippen LogP contribution < -0.4 is 15.7 Å². The third-order valence-electron chi connectivity index (χ3n) is 3.79. The Bertz CT molecular complexity index is 859. The first-order chi connectivity index (χ1) is 12.5. The van der Waals surface area contributed by atoms with Gasteiger partial charge in [-0.15, -0.1) is 11.8 Å². The standard InChI is InChI=1S/C17H16N4O4S/c1-10-5-4-6-11-14(10)21(17(24)15(26-11)16(23)20-25)9-13(22)19-12-7-2-3-8-18-12/h2-8,15,25H,9H2,1H3,(H,20,23)(H,18,19,22).